The van der Waals surface area contributed by atoms with Gasteiger partial charge in [0.1, 0.15) is 17.0 Å². The minimum absolute atomic E-state index is 0.365. The molecule has 1 saturated heterocycles. The number of halogens is 2. The molecule has 10 heteroatoms. The van der Waals surface area contributed by atoms with Crippen molar-refractivity contribution in [3.05, 3.63) is 28.4 Å². The van der Waals surface area contributed by atoms with Crippen LogP contribution in [0.3, 0.4) is 0 Å². The second kappa shape index (κ2) is 9.01. The van der Waals surface area contributed by atoms with Gasteiger partial charge in [0, 0.05) is 36.3 Å². The molecule has 0 spiro atoms. The number of aromatic nitrogens is 3. The molecular weight excluding hydrogens is 447 g/mol. The second-order valence-corrected chi connectivity index (χ2v) is 8.04. The van der Waals surface area contributed by atoms with Gasteiger partial charge in [-0.3, -0.25) is 0 Å². The van der Waals surface area contributed by atoms with Crippen LogP contribution in [0.25, 0.3) is 22.2 Å². The molecule has 1 aromatic carbocycles. The maximum absolute atomic E-state index is 6.64. The molecule has 4 rings (SSSR count). The third-order valence-corrected chi connectivity index (χ3v) is 6.16. The van der Waals surface area contributed by atoms with Crippen LogP contribution in [0.5, 0.6) is 11.5 Å². The Labute approximate surface area is 188 Å². The van der Waals surface area contributed by atoms with Gasteiger partial charge in [0.2, 0.25) is 0 Å². The van der Waals surface area contributed by atoms with E-state index in [0.29, 0.717) is 64.3 Å². The van der Waals surface area contributed by atoms with Crippen LogP contribution in [0, 0.1) is 0 Å². The molecule has 1 aliphatic rings. The van der Waals surface area contributed by atoms with E-state index in [9.17, 15) is 0 Å². The monoisotopic (exact) mass is 466 g/mol. The van der Waals surface area contributed by atoms with E-state index < -0.39 is 0 Å². The summed E-state index contributed by atoms with van der Waals surface area (Å²) in [4.78, 5) is 16.2. The van der Waals surface area contributed by atoms with Crippen molar-refractivity contribution in [1.82, 2.24) is 15.0 Å². The molecule has 1 aliphatic heterocycles. The Morgan fingerprint density at radius 3 is 2.30 bits per heavy atom. The van der Waals surface area contributed by atoms with Crippen molar-refractivity contribution < 1.29 is 14.2 Å². The van der Waals surface area contributed by atoms with Gasteiger partial charge in [-0.1, -0.05) is 35.0 Å². The zero-order chi connectivity index (χ0) is 21.3. The molecule has 2 aromatic heterocycles. The summed E-state index contributed by atoms with van der Waals surface area (Å²) >= 11 is 14.8. The van der Waals surface area contributed by atoms with Crippen molar-refractivity contribution in [1.29, 1.82) is 0 Å². The molecule has 0 N–H and O–H groups in total. The third kappa shape index (κ3) is 3.85. The Morgan fingerprint density at radius 1 is 1.03 bits per heavy atom. The van der Waals surface area contributed by atoms with Gasteiger partial charge in [-0.15, -0.1) is 0 Å². The molecule has 0 aliphatic carbocycles. The lowest BCUT2D eigenvalue weighted by molar-refractivity contribution is 0.122. The number of nitrogens with zero attached hydrogens (tertiary/aromatic N) is 4. The smallest absolute Gasteiger partial charge is 0.187 e. The first-order valence-electron chi connectivity index (χ1n) is 9.22. The molecule has 1 fully saturated rings. The fraction of sp³-hybridized carbons (Fsp3) is 0.350. The number of fused-ring (bicyclic) bond motifs is 1. The molecule has 7 nitrogen and oxygen atoms in total. The van der Waals surface area contributed by atoms with E-state index in [-0.39, 0.29) is 0 Å². The highest BCUT2D eigenvalue weighted by atomic mass is 35.5. The van der Waals surface area contributed by atoms with E-state index in [1.165, 1.54) is 11.8 Å². The lowest BCUT2D eigenvalue weighted by Crippen LogP contribution is -2.37. The summed E-state index contributed by atoms with van der Waals surface area (Å²) in [6.45, 7) is 2.69. The van der Waals surface area contributed by atoms with E-state index in [0.717, 1.165) is 16.7 Å². The van der Waals surface area contributed by atoms with Gasteiger partial charge in [-0.2, -0.15) is 0 Å². The van der Waals surface area contributed by atoms with Crippen LogP contribution >= 0.6 is 35.0 Å². The topological polar surface area (TPSA) is 69.6 Å². The maximum Gasteiger partial charge on any atom is 0.187 e. The predicted molar refractivity (Wildman–Crippen MR) is 121 cm³/mol. The molecule has 0 bridgehead atoms. The highest BCUT2D eigenvalue weighted by molar-refractivity contribution is 7.98. The SMILES string of the molecule is COc1cc(OC)c(Cl)c(-c2cc3cnc(SC)nc3c(N3CCOCC3)n2)c1Cl. The van der Waals surface area contributed by atoms with Crippen LogP contribution in [0.2, 0.25) is 10.0 Å². The van der Waals surface area contributed by atoms with Gasteiger partial charge < -0.3 is 19.1 Å². The highest BCUT2D eigenvalue weighted by Gasteiger charge is 2.24. The number of morpholine rings is 1. The Hall–Kier alpha value is -2.00. The van der Waals surface area contributed by atoms with Crippen molar-refractivity contribution in [2.24, 2.45) is 0 Å². The largest absolute Gasteiger partial charge is 0.495 e. The summed E-state index contributed by atoms with van der Waals surface area (Å²) < 4.78 is 16.3. The molecular formula is C20H20Cl2N4O3S. The van der Waals surface area contributed by atoms with Gasteiger partial charge >= 0.3 is 0 Å². The van der Waals surface area contributed by atoms with E-state index in [2.05, 4.69) is 9.88 Å². The molecule has 3 aromatic rings. The average Bonchev–Trinajstić information content (AvgIpc) is 2.79. The average molecular weight is 467 g/mol. The van der Waals surface area contributed by atoms with Crippen LogP contribution in [-0.2, 0) is 4.74 Å². The Kier molecular flexibility index (Phi) is 6.38. The predicted octanol–water partition coefficient (Wildman–Crippen LogP) is 4.57. The van der Waals surface area contributed by atoms with E-state index >= 15 is 0 Å². The first kappa shape index (κ1) is 21.2. The Morgan fingerprint density at radius 2 is 1.70 bits per heavy atom. The number of thioether (sulfide) groups is 1. The highest BCUT2D eigenvalue weighted by Crippen LogP contribution is 2.46. The minimum Gasteiger partial charge on any atom is -0.495 e. The second-order valence-electron chi connectivity index (χ2n) is 6.51. The fourth-order valence-corrected chi connectivity index (χ4v) is 4.37. The van der Waals surface area contributed by atoms with Crippen molar-refractivity contribution in [3.63, 3.8) is 0 Å². The maximum atomic E-state index is 6.64. The van der Waals surface area contributed by atoms with Crippen molar-refractivity contribution in [3.8, 4) is 22.8 Å². The van der Waals surface area contributed by atoms with Crippen LogP contribution in [0.4, 0.5) is 5.82 Å². The number of ether oxygens (including phenoxy) is 3. The van der Waals surface area contributed by atoms with Gasteiger partial charge in [0.05, 0.1) is 43.2 Å². The van der Waals surface area contributed by atoms with Crippen LogP contribution in [-0.4, -0.2) is 61.7 Å². The summed E-state index contributed by atoms with van der Waals surface area (Å²) in [5, 5.41) is 2.26. The summed E-state index contributed by atoms with van der Waals surface area (Å²) in [5.41, 5.74) is 1.92. The zero-order valence-corrected chi connectivity index (χ0v) is 19.1. The van der Waals surface area contributed by atoms with Gasteiger partial charge in [0.15, 0.2) is 11.0 Å². The zero-order valence-electron chi connectivity index (χ0n) is 16.7. The molecule has 0 amide bonds. The molecule has 0 unspecified atom stereocenters. The summed E-state index contributed by atoms with van der Waals surface area (Å²) in [7, 11) is 3.09. The van der Waals surface area contributed by atoms with Crippen molar-refractivity contribution in [2.75, 3.05) is 51.7 Å². The lowest BCUT2D eigenvalue weighted by atomic mass is 10.1. The summed E-state index contributed by atoms with van der Waals surface area (Å²) in [6, 6.07) is 3.54. The Balaban J connectivity index is 1.99. The normalized spacial score (nSPS) is 14.2. The molecule has 0 saturated carbocycles. The van der Waals surface area contributed by atoms with Crippen LogP contribution in [0.15, 0.2) is 23.5 Å². The Bertz CT molecular complexity index is 1070. The minimum atomic E-state index is 0.365. The van der Waals surface area contributed by atoms with E-state index in [1.807, 2.05) is 12.3 Å². The molecule has 0 atom stereocenters. The van der Waals surface area contributed by atoms with E-state index in [1.54, 1.807) is 26.5 Å². The number of pyridine rings is 1. The van der Waals surface area contributed by atoms with E-state index in [4.69, 9.17) is 47.4 Å². The number of anilines is 1. The number of rotatable bonds is 5. The van der Waals surface area contributed by atoms with Gasteiger partial charge in [0.25, 0.3) is 0 Å². The quantitative estimate of drug-likeness (QED) is 0.399. The lowest BCUT2D eigenvalue weighted by Gasteiger charge is -2.29. The molecule has 0 radical (unpaired) electrons. The number of benzene rings is 1. The van der Waals surface area contributed by atoms with Crippen LogP contribution in [0.1, 0.15) is 0 Å². The van der Waals surface area contributed by atoms with Gasteiger partial charge in [-0.05, 0) is 12.3 Å². The molecule has 30 heavy (non-hydrogen) atoms. The molecule has 158 valence electrons. The third-order valence-electron chi connectivity index (χ3n) is 4.85. The number of methoxy groups -OCH3 is 2. The first-order chi connectivity index (χ1) is 14.6. The summed E-state index contributed by atoms with van der Waals surface area (Å²) in [6.07, 6.45) is 3.74. The number of hydrogen-bond acceptors (Lipinski definition) is 8. The van der Waals surface area contributed by atoms with Crippen LogP contribution < -0.4 is 14.4 Å². The fourth-order valence-electron chi connectivity index (χ4n) is 3.34. The number of hydrogen-bond donors (Lipinski definition) is 0. The van der Waals surface area contributed by atoms with Crippen molar-refractivity contribution in [2.45, 2.75) is 5.16 Å². The molecule has 3 heterocycles. The van der Waals surface area contributed by atoms with Crippen molar-refractivity contribution >= 4 is 51.7 Å². The summed E-state index contributed by atoms with van der Waals surface area (Å²) in [5.74, 6) is 1.66. The standard InChI is InChI=1S/C20H20Cl2N4O3S/c1-27-13-9-14(28-2)17(22)15(16(13)21)12-8-11-10-23-20(30-3)25-18(11)19(24-12)26-4-6-29-7-5-26/h8-10H,4-7H2,1-3H3. The first-order valence-corrected chi connectivity index (χ1v) is 11.2. The van der Waals surface area contributed by atoms with Gasteiger partial charge in [-0.25, -0.2) is 15.0 Å².